The Bertz CT molecular complexity index is 605. The van der Waals surface area contributed by atoms with Crippen LogP contribution in [0.5, 0.6) is 0 Å². The molecule has 0 saturated heterocycles. The number of pyridine rings is 1. The summed E-state index contributed by atoms with van der Waals surface area (Å²) in [6.07, 6.45) is 3.39. The molecule has 116 valence electrons. The number of aliphatic hydroxyl groups excluding tert-OH is 1. The lowest BCUT2D eigenvalue weighted by atomic mass is 10.1. The predicted octanol–water partition coefficient (Wildman–Crippen LogP) is 2.17. The molecule has 0 aliphatic heterocycles. The molecular formula is C17H19FN2O2. The minimum Gasteiger partial charge on any atom is -0.395 e. The molecule has 22 heavy (non-hydrogen) atoms. The monoisotopic (exact) mass is 302 g/mol. The van der Waals surface area contributed by atoms with Gasteiger partial charge in [0.05, 0.1) is 12.8 Å². The summed E-state index contributed by atoms with van der Waals surface area (Å²) in [5.74, 6) is -0.469. The number of halogens is 1. The van der Waals surface area contributed by atoms with Crippen LogP contribution in [-0.2, 0) is 17.8 Å². The molecule has 1 aromatic carbocycles. The third-order valence-corrected chi connectivity index (χ3v) is 3.33. The molecule has 0 fully saturated rings. The van der Waals surface area contributed by atoms with Crippen LogP contribution in [0.3, 0.4) is 0 Å². The minimum atomic E-state index is -0.401. The van der Waals surface area contributed by atoms with Crippen LogP contribution in [-0.4, -0.2) is 34.0 Å². The SMILES string of the molecule is O=C(CCc1cncc(F)c1)N(CCO)Cc1ccccc1. The van der Waals surface area contributed by atoms with E-state index in [9.17, 15) is 9.18 Å². The minimum absolute atomic E-state index is 0.0674. The second-order valence-corrected chi connectivity index (χ2v) is 5.04. The average molecular weight is 302 g/mol. The van der Waals surface area contributed by atoms with Crippen molar-refractivity contribution in [2.45, 2.75) is 19.4 Å². The first-order valence-corrected chi connectivity index (χ1v) is 7.21. The van der Waals surface area contributed by atoms with Gasteiger partial charge in [0.15, 0.2) is 0 Å². The Morgan fingerprint density at radius 1 is 1.18 bits per heavy atom. The quantitative estimate of drug-likeness (QED) is 0.853. The van der Waals surface area contributed by atoms with E-state index in [0.29, 0.717) is 18.5 Å². The van der Waals surface area contributed by atoms with Crippen molar-refractivity contribution in [1.82, 2.24) is 9.88 Å². The van der Waals surface area contributed by atoms with Crippen LogP contribution < -0.4 is 0 Å². The maximum atomic E-state index is 13.1. The maximum absolute atomic E-state index is 13.1. The van der Waals surface area contributed by atoms with Gasteiger partial charge in [0.1, 0.15) is 5.82 Å². The number of hydrogen-bond acceptors (Lipinski definition) is 3. The van der Waals surface area contributed by atoms with Crippen LogP contribution in [0, 0.1) is 5.82 Å². The molecule has 1 amide bonds. The number of hydrogen-bond donors (Lipinski definition) is 1. The van der Waals surface area contributed by atoms with Gasteiger partial charge in [0.25, 0.3) is 0 Å². The molecule has 4 nitrogen and oxygen atoms in total. The largest absolute Gasteiger partial charge is 0.395 e. The Morgan fingerprint density at radius 2 is 1.95 bits per heavy atom. The fraction of sp³-hybridized carbons (Fsp3) is 0.294. The molecular weight excluding hydrogens is 283 g/mol. The summed E-state index contributed by atoms with van der Waals surface area (Å²) < 4.78 is 13.1. The number of carbonyl (C=O) groups is 1. The Hall–Kier alpha value is -2.27. The number of benzene rings is 1. The lowest BCUT2D eigenvalue weighted by Crippen LogP contribution is -2.33. The van der Waals surface area contributed by atoms with Gasteiger partial charge in [-0.05, 0) is 23.6 Å². The molecule has 1 heterocycles. The Morgan fingerprint density at radius 3 is 2.64 bits per heavy atom. The van der Waals surface area contributed by atoms with E-state index in [0.717, 1.165) is 11.8 Å². The molecule has 0 radical (unpaired) electrons. The van der Waals surface area contributed by atoms with E-state index in [4.69, 9.17) is 5.11 Å². The molecule has 0 aliphatic rings. The van der Waals surface area contributed by atoms with Crippen LogP contribution in [0.1, 0.15) is 17.5 Å². The topological polar surface area (TPSA) is 53.4 Å². The van der Waals surface area contributed by atoms with E-state index < -0.39 is 5.82 Å². The van der Waals surface area contributed by atoms with Crippen molar-refractivity contribution in [2.24, 2.45) is 0 Å². The molecule has 0 saturated carbocycles. The van der Waals surface area contributed by atoms with Gasteiger partial charge in [-0.3, -0.25) is 9.78 Å². The average Bonchev–Trinajstić information content (AvgIpc) is 2.53. The number of aromatic nitrogens is 1. The molecule has 0 unspecified atom stereocenters. The van der Waals surface area contributed by atoms with Crippen LogP contribution >= 0.6 is 0 Å². The molecule has 0 bridgehead atoms. The van der Waals surface area contributed by atoms with E-state index >= 15 is 0 Å². The molecule has 1 N–H and O–H groups in total. The van der Waals surface area contributed by atoms with Crippen molar-refractivity contribution in [2.75, 3.05) is 13.2 Å². The normalized spacial score (nSPS) is 10.5. The summed E-state index contributed by atoms with van der Waals surface area (Å²) in [5.41, 5.74) is 1.70. The summed E-state index contributed by atoms with van der Waals surface area (Å²) in [4.78, 5) is 17.7. The van der Waals surface area contributed by atoms with Crippen molar-refractivity contribution in [3.63, 3.8) is 0 Å². The van der Waals surface area contributed by atoms with Gasteiger partial charge in [0, 0.05) is 25.7 Å². The summed E-state index contributed by atoms with van der Waals surface area (Å²) in [6.45, 7) is 0.664. The molecule has 1 aromatic heterocycles. The van der Waals surface area contributed by atoms with Crippen LogP contribution in [0.2, 0.25) is 0 Å². The van der Waals surface area contributed by atoms with Gasteiger partial charge in [0.2, 0.25) is 5.91 Å². The molecule has 0 spiro atoms. The lowest BCUT2D eigenvalue weighted by Gasteiger charge is -2.22. The van der Waals surface area contributed by atoms with Crippen molar-refractivity contribution >= 4 is 5.91 Å². The molecule has 5 heteroatoms. The predicted molar refractivity (Wildman–Crippen MR) is 81.5 cm³/mol. The van der Waals surface area contributed by atoms with Crippen molar-refractivity contribution in [3.8, 4) is 0 Å². The first-order valence-electron chi connectivity index (χ1n) is 7.21. The first kappa shape index (κ1) is 16.1. The van der Waals surface area contributed by atoms with Crippen molar-refractivity contribution in [1.29, 1.82) is 0 Å². The third kappa shape index (κ3) is 4.93. The number of rotatable bonds is 7. The van der Waals surface area contributed by atoms with Gasteiger partial charge < -0.3 is 10.0 Å². The van der Waals surface area contributed by atoms with Gasteiger partial charge in [-0.15, -0.1) is 0 Å². The first-order chi connectivity index (χ1) is 10.7. The van der Waals surface area contributed by atoms with E-state index in [2.05, 4.69) is 4.98 Å². The summed E-state index contributed by atoms with van der Waals surface area (Å²) in [5, 5.41) is 9.13. The highest BCUT2D eigenvalue weighted by Gasteiger charge is 2.13. The second-order valence-electron chi connectivity index (χ2n) is 5.04. The highest BCUT2D eigenvalue weighted by molar-refractivity contribution is 5.76. The zero-order chi connectivity index (χ0) is 15.8. The molecule has 0 aliphatic carbocycles. The third-order valence-electron chi connectivity index (χ3n) is 3.33. The Kier molecular flexibility index (Phi) is 6.03. The van der Waals surface area contributed by atoms with Crippen LogP contribution in [0.15, 0.2) is 48.8 Å². The number of aliphatic hydroxyl groups is 1. The lowest BCUT2D eigenvalue weighted by molar-refractivity contribution is -0.132. The van der Waals surface area contributed by atoms with Gasteiger partial charge in [-0.1, -0.05) is 30.3 Å². The number of nitrogens with zero attached hydrogens (tertiary/aromatic N) is 2. The van der Waals surface area contributed by atoms with E-state index in [-0.39, 0.29) is 25.5 Å². The van der Waals surface area contributed by atoms with Crippen molar-refractivity contribution < 1.29 is 14.3 Å². The van der Waals surface area contributed by atoms with Gasteiger partial charge >= 0.3 is 0 Å². The Balaban J connectivity index is 1.94. The second kappa shape index (κ2) is 8.24. The van der Waals surface area contributed by atoms with E-state index in [1.807, 2.05) is 30.3 Å². The van der Waals surface area contributed by atoms with Crippen LogP contribution in [0.25, 0.3) is 0 Å². The zero-order valence-electron chi connectivity index (χ0n) is 12.3. The fourth-order valence-electron chi connectivity index (χ4n) is 2.22. The summed E-state index contributed by atoms with van der Waals surface area (Å²) >= 11 is 0. The smallest absolute Gasteiger partial charge is 0.223 e. The number of carbonyl (C=O) groups excluding carboxylic acids is 1. The highest BCUT2D eigenvalue weighted by atomic mass is 19.1. The fourth-order valence-corrected chi connectivity index (χ4v) is 2.22. The summed E-state index contributed by atoms with van der Waals surface area (Å²) in [7, 11) is 0. The zero-order valence-corrected chi connectivity index (χ0v) is 12.3. The highest BCUT2D eigenvalue weighted by Crippen LogP contribution is 2.09. The van der Waals surface area contributed by atoms with E-state index in [1.165, 1.54) is 6.07 Å². The standard InChI is InChI=1S/C17H19FN2O2/c18-16-10-15(11-19-12-16)6-7-17(22)20(8-9-21)13-14-4-2-1-3-5-14/h1-5,10-12,21H,6-9,13H2. The van der Waals surface area contributed by atoms with Gasteiger partial charge in [-0.2, -0.15) is 0 Å². The van der Waals surface area contributed by atoms with E-state index in [1.54, 1.807) is 11.1 Å². The van der Waals surface area contributed by atoms with Gasteiger partial charge in [-0.25, -0.2) is 4.39 Å². The molecule has 2 aromatic rings. The van der Waals surface area contributed by atoms with Crippen molar-refractivity contribution in [3.05, 3.63) is 65.7 Å². The maximum Gasteiger partial charge on any atom is 0.223 e. The van der Waals surface area contributed by atoms with Crippen LogP contribution in [0.4, 0.5) is 4.39 Å². The molecule has 2 rings (SSSR count). The summed E-state index contributed by atoms with van der Waals surface area (Å²) in [6, 6.07) is 11.0. The number of aryl methyl sites for hydroxylation is 1. The molecule has 0 atom stereocenters. The Labute approximate surface area is 129 Å². The number of amides is 1.